The lowest BCUT2D eigenvalue weighted by Crippen LogP contribution is -2.08. The Bertz CT molecular complexity index is 336. The molecule has 0 aliphatic carbocycles. The summed E-state index contributed by atoms with van der Waals surface area (Å²) in [5.74, 6) is 0.463. The van der Waals surface area contributed by atoms with E-state index in [1.807, 2.05) is 0 Å². The molecule has 0 unspecified atom stereocenters. The Kier molecular flexibility index (Phi) is 6.91. The van der Waals surface area contributed by atoms with E-state index < -0.39 is 0 Å². The van der Waals surface area contributed by atoms with Crippen molar-refractivity contribution in [2.24, 2.45) is 0 Å². The Morgan fingerprint density at radius 3 is 2.82 bits per heavy atom. The van der Waals surface area contributed by atoms with Crippen LogP contribution in [0.5, 0.6) is 5.88 Å². The summed E-state index contributed by atoms with van der Waals surface area (Å²) in [5.41, 5.74) is 6.26. The number of hydrogen-bond acceptors (Lipinski definition) is 5. The summed E-state index contributed by atoms with van der Waals surface area (Å²) >= 11 is 3.28. The minimum Gasteiger partial charge on any atom is -0.476 e. The van der Waals surface area contributed by atoms with E-state index in [0.717, 1.165) is 10.9 Å². The van der Waals surface area contributed by atoms with Gasteiger partial charge in [-0.25, -0.2) is 4.98 Å². The van der Waals surface area contributed by atoms with E-state index >= 15 is 0 Å². The van der Waals surface area contributed by atoms with Crippen LogP contribution < -0.4 is 10.5 Å². The van der Waals surface area contributed by atoms with E-state index in [1.165, 1.54) is 0 Å². The van der Waals surface area contributed by atoms with E-state index in [2.05, 4.69) is 20.9 Å². The van der Waals surface area contributed by atoms with Crippen LogP contribution in [0.15, 0.2) is 16.7 Å². The summed E-state index contributed by atoms with van der Waals surface area (Å²) < 4.78 is 16.4. The van der Waals surface area contributed by atoms with Gasteiger partial charge < -0.3 is 19.9 Å². The van der Waals surface area contributed by atoms with E-state index in [9.17, 15) is 0 Å². The second kappa shape index (κ2) is 8.27. The monoisotopic (exact) mass is 304 g/mol. The molecule has 0 radical (unpaired) electrons. The molecule has 2 N–H and O–H groups in total. The maximum Gasteiger partial charge on any atom is 0.237 e. The summed E-state index contributed by atoms with van der Waals surface area (Å²) in [4.78, 5) is 4.07. The van der Waals surface area contributed by atoms with Crippen molar-refractivity contribution < 1.29 is 14.2 Å². The fourth-order valence-electron chi connectivity index (χ4n) is 1.14. The summed E-state index contributed by atoms with van der Waals surface area (Å²) in [6.07, 6.45) is 2.45. The second-order valence-corrected chi connectivity index (χ2v) is 4.27. The van der Waals surface area contributed by atoms with Crippen LogP contribution in [0.1, 0.15) is 6.42 Å². The molecule has 0 bridgehead atoms. The number of pyridine rings is 1. The van der Waals surface area contributed by atoms with Gasteiger partial charge in [0.15, 0.2) is 0 Å². The van der Waals surface area contributed by atoms with Gasteiger partial charge >= 0.3 is 0 Å². The standard InChI is InChI=1S/C11H17BrN2O3/c1-15-5-6-16-3-2-4-17-11-10(13)7-9(12)8-14-11/h7-8H,2-6,13H2,1H3. The maximum atomic E-state index is 5.74. The lowest BCUT2D eigenvalue weighted by Gasteiger charge is -2.08. The van der Waals surface area contributed by atoms with Gasteiger partial charge in [0.05, 0.1) is 25.5 Å². The number of hydrogen-bond donors (Lipinski definition) is 1. The summed E-state index contributed by atoms with van der Waals surface area (Å²) in [6, 6.07) is 1.76. The smallest absolute Gasteiger partial charge is 0.237 e. The maximum absolute atomic E-state index is 5.74. The minimum atomic E-state index is 0.463. The first-order chi connectivity index (χ1) is 8.24. The predicted molar refractivity (Wildman–Crippen MR) is 69.2 cm³/mol. The van der Waals surface area contributed by atoms with Crippen molar-refractivity contribution in [3.05, 3.63) is 16.7 Å². The highest BCUT2D eigenvalue weighted by atomic mass is 79.9. The predicted octanol–water partition coefficient (Wildman–Crippen LogP) is 1.86. The number of nitrogens with two attached hydrogens (primary N) is 1. The first kappa shape index (κ1) is 14.2. The van der Waals surface area contributed by atoms with Crippen molar-refractivity contribution in [2.45, 2.75) is 6.42 Å². The average Bonchev–Trinajstić information content (AvgIpc) is 2.30. The summed E-state index contributed by atoms with van der Waals surface area (Å²) in [6.45, 7) is 2.39. The van der Waals surface area contributed by atoms with E-state index in [-0.39, 0.29) is 0 Å². The largest absolute Gasteiger partial charge is 0.476 e. The zero-order chi connectivity index (χ0) is 12.5. The van der Waals surface area contributed by atoms with Gasteiger partial charge in [0.25, 0.3) is 0 Å². The van der Waals surface area contributed by atoms with Crippen LogP contribution in [0.3, 0.4) is 0 Å². The van der Waals surface area contributed by atoms with Gasteiger partial charge in [-0.1, -0.05) is 0 Å². The third-order valence-corrected chi connectivity index (χ3v) is 2.38. The molecule has 5 nitrogen and oxygen atoms in total. The van der Waals surface area contributed by atoms with Crippen LogP contribution in [0.4, 0.5) is 5.69 Å². The molecule has 17 heavy (non-hydrogen) atoms. The van der Waals surface area contributed by atoms with E-state index in [4.69, 9.17) is 19.9 Å². The zero-order valence-corrected chi connectivity index (χ0v) is 11.4. The molecular weight excluding hydrogens is 288 g/mol. The molecule has 0 spiro atoms. The number of anilines is 1. The molecule has 6 heteroatoms. The molecule has 0 atom stereocenters. The van der Waals surface area contributed by atoms with Crippen LogP contribution in [0.2, 0.25) is 0 Å². The van der Waals surface area contributed by atoms with Crippen molar-refractivity contribution in [1.82, 2.24) is 4.98 Å². The summed E-state index contributed by atoms with van der Waals surface area (Å²) in [7, 11) is 1.65. The fraction of sp³-hybridized carbons (Fsp3) is 0.545. The van der Waals surface area contributed by atoms with Crippen molar-refractivity contribution in [2.75, 3.05) is 39.3 Å². The molecule has 1 heterocycles. The third-order valence-electron chi connectivity index (χ3n) is 1.95. The molecule has 0 fully saturated rings. The first-order valence-corrected chi connectivity index (χ1v) is 6.14. The zero-order valence-electron chi connectivity index (χ0n) is 9.82. The van der Waals surface area contributed by atoms with Gasteiger partial charge in [-0.15, -0.1) is 0 Å². The van der Waals surface area contributed by atoms with Crippen LogP contribution in [-0.2, 0) is 9.47 Å². The molecule has 0 saturated carbocycles. The number of halogens is 1. The molecule has 1 aromatic rings. The van der Waals surface area contributed by atoms with Crippen molar-refractivity contribution in [3.8, 4) is 5.88 Å². The number of methoxy groups -OCH3 is 1. The Balaban J connectivity index is 2.14. The average molecular weight is 305 g/mol. The van der Waals surface area contributed by atoms with E-state index in [0.29, 0.717) is 38.0 Å². The topological polar surface area (TPSA) is 66.6 Å². The highest BCUT2D eigenvalue weighted by molar-refractivity contribution is 9.10. The Hall–Kier alpha value is -0.850. The molecule has 0 aliphatic rings. The Morgan fingerprint density at radius 1 is 1.29 bits per heavy atom. The lowest BCUT2D eigenvalue weighted by molar-refractivity contribution is 0.0642. The second-order valence-electron chi connectivity index (χ2n) is 3.36. The highest BCUT2D eigenvalue weighted by Crippen LogP contribution is 2.21. The molecule has 0 amide bonds. The SMILES string of the molecule is COCCOCCCOc1ncc(Br)cc1N. The van der Waals surface area contributed by atoms with Gasteiger partial charge in [-0.3, -0.25) is 0 Å². The molecule has 0 saturated heterocycles. The first-order valence-electron chi connectivity index (χ1n) is 5.34. The van der Waals surface area contributed by atoms with Gasteiger partial charge in [-0.2, -0.15) is 0 Å². The number of ether oxygens (including phenoxy) is 3. The van der Waals surface area contributed by atoms with E-state index in [1.54, 1.807) is 19.4 Å². The number of rotatable bonds is 8. The van der Waals surface area contributed by atoms with Crippen LogP contribution in [0, 0.1) is 0 Å². The van der Waals surface area contributed by atoms with Crippen LogP contribution in [-0.4, -0.2) is 38.5 Å². The van der Waals surface area contributed by atoms with Gasteiger partial charge in [0.1, 0.15) is 0 Å². The molecule has 0 aromatic carbocycles. The lowest BCUT2D eigenvalue weighted by atomic mass is 10.4. The van der Waals surface area contributed by atoms with Gasteiger partial charge in [0, 0.05) is 30.8 Å². The van der Waals surface area contributed by atoms with Crippen molar-refractivity contribution in [3.63, 3.8) is 0 Å². The van der Waals surface area contributed by atoms with Gasteiger partial charge in [-0.05, 0) is 22.0 Å². The van der Waals surface area contributed by atoms with Crippen molar-refractivity contribution in [1.29, 1.82) is 0 Å². The number of aromatic nitrogens is 1. The highest BCUT2D eigenvalue weighted by Gasteiger charge is 2.02. The van der Waals surface area contributed by atoms with Crippen LogP contribution in [0.25, 0.3) is 0 Å². The Labute approximate surface area is 109 Å². The fourth-order valence-corrected chi connectivity index (χ4v) is 1.49. The quantitative estimate of drug-likeness (QED) is 0.743. The molecule has 1 aromatic heterocycles. The number of nitrogen functional groups attached to an aromatic ring is 1. The normalized spacial score (nSPS) is 10.5. The molecule has 96 valence electrons. The third kappa shape index (κ3) is 5.86. The van der Waals surface area contributed by atoms with Crippen molar-refractivity contribution >= 4 is 21.6 Å². The Morgan fingerprint density at radius 2 is 2.12 bits per heavy atom. The molecule has 0 aliphatic heterocycles. The molecule has 1 rings (SSSR count). The van der Waals surface area contributed by atoms with Crippen LogP contribution >= 0.6 is 15.9 Å². The number of nitrogens with zero attached hydrogens (tertiary/aromatic N) is 1. The molecular formula is C11H17BrN2O3. The minimum absolute atomic E-state index is 0.463. The van der Waals surface area contributed by atoms with Gasteiger partial charge in [0.2, 0.25) is 5.88 Å². The summed E-state index contributed by atoms with van der Waals surface area (Å²) in [5, 5.41) is 0.